The summed E-state index contributed by atoms with van der Waals surface area (Å²) in [4.78, 5) is 38.2. The van der Waals surface area contributed by atoms with E-state index in [2.05, 4.69) is 12.2 Å². The molecule has 1 rings (SSSR count). The standard InChI is InChI=1S/C11H16N2O4/c1-2-3-4-7-12-9(14)8-17-13-10(15)5-6-11(13)16/h5-6H,2-4,7-8H2,1H3,(H,12,14). The van der Waals surface area contributed by atoms with Crippen molar-refractivity contribution in [2.24, 2.45) is 0 Å². The number of rotatable bonds is 7. The third-order valence-corrected chi connectivity index (χ3v) is 2.20. The summed E-state index contributed by atoms with van der Waals surface area (Å²) >= 11 is 0. The van der Waals surface area contributed by atoms with Crippen LogP contribution in [-0.2, 0) is 19.2 Å². The fourth-order valence-electron chi connectivity index (χ4n) is 1.29. The van der Waals surface area contributed by atoms with Crippen LogP contribution >= 0.6 is 0 Å². The molecule has 0 aliphatic carbocycles. The monoisotopic (exact) mass is 240 g/mol. The second-order valence-electron chi connectivity index (χ2n) is 3.63. The normalized spacial score (nSPS) is 14.5. The summed E-state index contributed by atoms with van der Waals surface area (Å²) in [5, 5.41) is 3.21. The Labute approximate surface area is 99.6 Å². The van der Waals surface area contributed by atoms with Gasteiger partial charge < -0.3 is 5.32 Å². The van der Waals surface area contributed by atoms with E-state index >= 15 is 0 Å². The molecule has 0 radical (unpaired) electrons. The maximum atomic E-state index is 11.3. The molecule has 1 N–H and O–H groups in total. The summed E-state index contributed by atoms with van der Waals surface area (Å²) in [6, 6.07) is 0. The molecule has 3 amide bonds. The van der Waals surface area contributed by atoms with Crippen LogP contribution in [0.5, 0.6) is 0 Å². The minimum Gasteiger partial charge on any atom is -0.354 e. The fraction of sp³-hybridized carbons (Fsp3) is 0.545. The number of carbonyl (C=O) groups is 3. The fourth-order valence-corrected chi connectivity index (χ4v) is 1.29. The lowest BCUT2D eigenvalue weighted by Crippen LogP contribution is -2.36. The van der Waals surface area contributed by atoms with E-state index < -0.39 is 11.8 Å². The summed E-state index contributed by atoms with van der Waals surface area (Å²) in [5.41, 5.74) is 0. The number of nitrogens with zero attached hydrogens (tertiary/aromatic N) is 1. The molecule has 94 valence electrons. The van der Waals surface area contributed by atoms with E-state index in [0.29, 0.717) is 11.6 Å². The van der Waals surface area contributed by atoms with Crippen LogP contribution in [0.4, 0.5) is 0 Å². The Morgan fingerprint density at radius 2 is 1.94 bits per heavy atom. The highest BCUT2D eigenvalue weighted by atomic mass is 16.7. The lowest BCUT2D eigenvalue weighted by molar-refractivity contribution is -0.186. The zero-order valence-corrected chi connectivity index (χ0v) is 9.77. The van der Waals surface area contributed by atoms with E-state index in [1.807, 2.05) is 0 Å². The third-order valence-electron chi connectivity index (χ3n) is 2.20. The quantitative estimate of drug-likeness (QED) is 0.507. The van der Waals surface area contributed by atoms with E-state index in [4.69, 9.17) is 4.84 Å². The van der Waals surface area contributed by atoms with Crippen molar-refractivity contribution in [1.82, 2.24) is 10.4 Å². The van der Waals surface area contributed by atoms with Crippen molar-refractivity contribution in [2.75, 3.05) is 13.2 Å². The van der Waals surface area contributed by atoms with Crippen molar-refractivity contribution >= 4 is 17.7 Å². The van der Waals surface area contributed by atoms with Gasteiger partial charge in [0.2, 0.25) is 5.91 Å². The topological polar surface area (TPSA) is 75.7 Å². The van der Waals surface area contributed by atoms with Crippen molar-refractivity contribution < 1.29 is 19.2 Å². The average molecular weight is 240 g/mol. The molecule has 1 aliphatic rings. The molecule has 0 spiro atoms. The molecule has 0 unspecified atom stereocenters. The molecule has 0 fully saturated rings. The first-order valence-corrected chi connectivity index (χ1v) is 5.61. The Hall–Kier alpha value is -1.69. The molecule has 0 bridgehead atoms. The molecular weight excluding hydrogens is 224 g/mol. The lowest BCUT2D eigenvalue weighted by atomic mass is 10.2. The van der Waals surface area contributed by atoms with Crippen LogP contribution in [0.1, 0.15) is 26.2 Å². The minimum atomic E-state index is -0.561. The largest absolute Gasteiger partial charge is 0.354 e. The number of amides is 3. The Morgan fingerprint density at radius 1 is 1.29 bits per heavy atom. The number of carbonyl (C=O) groups excluding carboxylic acids is 3. The highest BCUT2D eigenvalue weighted by molar-refractivity contribution is 6.11. The van der Waals surface area contributed by atoms with Crippen LogP contribution in [0.2, 0.25) is 0 Å². The molecule has 0 aromatic rings. The van der Waals surface area contributed by atoms with Crippen LogP contribution in [0.3, 0.4) is 0 Å². The van der Waals surface area contributed by atoms with E-state index in [1.54, 1.807) is 0 Å². The van der Waals surface area contributed by atoms with Gasteiger partial charge in [-0.05, 0) is 6.42 Å². The highest BCUT2D eigenvalue weighted by Gasteiger charge is 2.25. The van der Waals surface area contributed by atoms with Gasteiger partial charge in [0.25, 0.3) is 11.8 Å². The van der Waals surface area contributed by atoms with Gasteiger partial charge in [0.1, 0.15) is 0 Å². The number of imide groups is 1. The number of unbranched alkanes of at least 4 members (excludes halogenated alkanes) is 2. The zero-order chi connectivity index (χ0) is 12.7. The molecule has 0 saturated heterocycles. The smallest absolute Gasteiger partial charge is 0.277 e. The molecule has 17 heavy (non-hydrogen) atoms. The number of hydrogen-bond donors (Lipinski definition) is 1. The Morgan fingerprint density at radius 3 is 2.53 bits per heavy atom. The molecule has 0 aromatic carbocycles. The molecule has 1 aliphatic heterocycles. The van der Waals surface area contributed by atoms with Crippen molar-refractivity contribution in [3.63, 3.8) is 0 Å². The van der Waals surface area contributed by atoms with Gasteiger partial charge in [0.15, 0.2) is 6.61 Å². The SMILES string of the molecule is CCCCCNC(=O)CON1C(=O)C=CC1=O. The summed E-state index contributed by atoms with van der Waals surface area (Å²) in [6.45, 7) is 2.32. The van der Waals surface area contributed by atoms with Crippen LogP contribution in [-0.4, -0.2) is 35.9 Å². The van der Waals surface area contributed by atoms with Gasteiger partial charge in [0, 0.05) is 18.7 Å². The average Bonchev–Trinajstić information content (AvgIpc) is 2.62. The Balaban J connectivity index is 2.16. The predicted octanol–water partition coefficient (Wildman–Crippen LogP) is 0.149. The predicted molar refractivity (Wildman–Crippen MR) is 59.5 cm³/mol. The van der Waals surface area contributed by atoms with Crippen LogP contribution in [0.25, 0.3) is 0 Å². The minimum absolute atomic E-state index is 0.328. The van der Waals surface area contributed by atoms with E-state index in [-0.39, 0.29) is 12.5 Å². The molecule has 0 saturated carbocycles. The number of nitrogens with one attached hydrogen (secondary N) is 1. The first kappa shape index (κ1) is 13.4. The van der Waals surface area contributed by atoms with Gasteiger partial charge in [0.05, 0.1) is 0 Å². The van der Waals surface area contributed by atoms with E-state index in [9.17, 15) is 14.4 Å². The molecule has 6 heteroatoms. The maximum Gasteiger partial charge on any atom is 0.277 e. The molecule has 6 nitrogen and oxygen atoms in total. The van der Waals surface area contributed by atoms with Crippen molar-refractivity contribution in [1.29, 1.82) is 0 Å². The maximum absolute atomic E-state index is 11.3. The lowest BCUT2D eigenvalue weighted by Gasteiger charge is -2.12. The molecule has 0 atom stereocenters. The van der Waals surface area contributed by atoms with Gasteiger partial charge in [-0.25, -0.2) is 0 Å². The number of hydrogen-bond acceptors (Lipinski definition) is 4. The number of hydroxylamine groups is 2. The summed E-state index contributed by atoms with van der Waals surface area (Å²) in [6.07, 6.45) is 5.23. The van der Waals surface area contributed by atoms with Crippen molar-refractivity contribution in [2.45, 2.75) is 26.2 Å². The Kier molecular flexibility index (Phi) is 5.35. The van der Waals surface area contributed by atoms with Crippen LogP contribution < -0.4 is 5.32 Å². The summed E-state index contributed by atoms with van der Waals surface area (Å²) < 4.78 is 0. The van der Waals surface area contributed by atoms with Crippen LogP contribution in [0, 0.1) is 0 Å². The third kappa shape index (κ3) is 4.36. The van der Waals surface area contributed by atoms with Gasteiger partial charge >= 0.3 is 0 Å². The van der Waals surface area contributed by atoms with Gasteiger partial charge in [-0.1, -0.05) is 19.8 Å². The molecular formula is C11H16N2O4. The van der Waals surface area contributed by atoms with Crippen LogP contribution in [0.15, 0.2) is 12.2 Å². The summed E-state index contributed by atoms with van der Waals surface area (Å²) in [7, 11) is 0. The Bertz CT molecular complexity index is 320. The first-order valence-electron chi connectivity index (χ1n) is 5.61. The first-order chi connectivity index (χ1) is 8.15. The van der Waals surface area contributed by atoms with Crippen molar-refractivity contribution in [3.05, 3.63) is 12.2 Å². The van der Waals surface area contributed by atoms with E-state index in [0.717, 1.165) is 31.4 Å². The molecule has 0 aromatic heterocycles. The van der Waals surface area contributed by atoms with Crippen molar-refractivity contribution in [3.8, 4) is 0 Å². The highest BCUT2D eigenvalue weighted by Crippen LogP contribution is 2.03. The van der Waals surface area contributed by atoms with Gasteiger partial charge in [-0.3, -0.25) is 19.2 Å². The van der Waals surface area contributed by atoms with E-state index in [1.165, 1.54) is 0 Å². The second-order valence-corrected chi connectivity index (χ2v) is 3.63. The van der Waals surface area contributed by atoms with Gasteiger partial charge in [-0.15, -0.1) is 5.06 Å². The summed E-state index contributed by atoms with van der Waals surface area (Å²) in [5.74, 6) is -1.46. The second kappa shape index (κ2) is 6.80. The zero-order valence-electron chi connectivity index (χ0n) is 9.77. The molecule has 1 heterocycles. The van der Waals surface area contributed by atoms with Gasteiger partial charge in [-0.2, -0.15) is 0 Å².